The van der Waals surface area contributed by atoms with Crippen LogP contribution < -0.4 is 9.21 Å². The van der Waals surface area contributed by atoms with Crippen molar-refractivity contribution < 1.29 is 31.3 Å². The average Bonchev–Trinajstić information content (AvgIpc) is 2.51. The first-order valence-corrected chi connectivity index (χ1v) is 10.1. The van der Waals surface area contributed by atoms with E-state index in [-0.39, 0.29) is 5.69 Å². The summed E-state index contributed by atoms with van der Waals surface area (Å²) in [4.78, 5) is 15.2. The standard InChI is InChI=1S/C15H19ClF3N3O3S/c1-20-5-7-21(8-6-20)14(23)10-22(26(2,24)25)11-3-4-13(16)12(9-11)15(17,18)19/h3-4,9H,5-8,10H2,1-2H3/p+1. The summed E-state index contributed by atoms with van der Waals surface area (Å²) in [5.74, 6) is -0.452. The van der Waals surface area contributed by atoms with Crippen LogP contribution in [0.25, 0.3) is 0 Å². The number of benzene rings is 1. The van der Waals surface area contributed by atoms with E-state index >= 15 is 0 Å². The third kappa shape index (κ3) is 5.01. The van der Waals surface area contributed by atoms with Crippen LogP contribution in [0.15, 0.2) is 18.2 Å². The number of halogens is 4. The lowest BCUT2D eigenvalue weighted by Crippen LogP contribution is -3.12. The van der Waals surface area contributed by atoms with E-state index in [1.165, 1.54) is 9.80 Å². The first kappa shape index (κ1) is 20.8. The van der Waals surface area contributed by atoms with Gasteiger partial charge in [-0.3, -0.25) is 9.10 Å². The quantitative estimate of drug-likeness (QED) is 0.779. The molecule has 1 aromatic rings. The Labute approximate surface area is 155 Å². The molecule has 6 nitrogen and oxygen atoms in total. The predicted molar refractivity (Wildman–Crippen MR) is 91.8 cm³/mol. The van der Waals surface area contributed by atoms with E-state index in [9.17, 15) is 26.4 Å². The fourth-order valence-electron chi connectivity index (χ4n) is 2.65. The number of quaternary nitrogens is 1. The fraction of sp³-hybridized carbons (Fsp3) is 0.533. The minimum atomic E-state index is -4.74. The third-order valence-corrected chi connectivity index (χ3v) is 5.66. The van der Waals surface area contributed by atoms with E-state index in [0.29, 0.717) is 23.5 Å². The van der Waals surface area contributed by atoms with Crippen molar-refractivity contribution in [1.82, 2.24) is 4.90 Å². The number of hydrogen-bond donors (Lipinski definition) is 1. The number of nitrogens with zero attached hydrogens (tertiary/aromatic N) is 2. The highest BCUT2D eigenvalue weighted by Crippen LogP contribution is 2.37. The molecular formula is C15H20ClF3N3O3S+. The molecule has 1 amide bonds. The summed E-state index contributed by atoms with van der Waals surface area (Å²) < 4.78 is 64.0. The maximum atomic E-state index is 13.0. The summed E-state index contributed by atoms with van der Waals surface area (Å²) in [6.45, 7) is 1.83. The Morgan fingerprint density at radius 1 is 1.31 bits per heavy atom. The zero-order chi connectivity index (χ0) is 19.7. The monoisotopic (exact) mass is 414 g/mol. The molecule has 0 aromatic heterocycles. The number of amides is 1. The summed E-state index contributed by atoms with van der Waals surface area (Å²) in [5.41, 5.74) is -1.40. The summed E-state index contributed by atoms with van der Waals surface area (Å²) >= 11 is 5.58. The molecule has 0 bridgehead atoms. The number of carbonyl (C=O) groups excluding carboxylic acids is 1. The van der Waals surface area contributed by atoms with Crippen molar-refractivity contribution in [3.8, 4) is 0 Å². The Balaban J connectivity index is 2.30. The van der Waals surface area contributed by atoms with Crippen molar-refractivity contribution in [3.63, 3.8) is 0 Å². The van der Waals surface area contributed by atoms with Crippen LogP contribution in [0.3, 0.4) is 0 Å². The van der Waals surface area contributed by atoms with Crippen molar-refractivity contribution >= 4 is 33.2 Å². The maximum Gasteiger partial charge on any atom is 0.417 e. The first-order valence-electron chi connectivity index (χ1n) is 7.83. The molecule has 1 saturated heterocycles. The van der Waals surface area contributed by atoms with Crippen LogP contribution in [0.2, 0.25) is 5.02 Å². The lowest BCUT2D eigenvalue weighted by Gasteiger charge is -2.32. The van der Waals surface area contributed by atoms with Crippen molar-refractivity contribution in [2.75, 3.05) is 50.3 Å². The van der Waals surface area contributed by atoms with Gasteiger partial charge >= 0.3 is 6.18 Å². The first-order chi connectivity index (χ1) is 11.9. The molecule has 0 aliphatic carbocycles. The second kappa shape index (κ2) is 7.61. The van der Waals surface area contributed by atoms with E-state index in [2.05, 4.69) is 0 Å². The second-order valence-electron chi connectivity index (χ2n) is 6.27. The molecule has 26 heavy (non-hydrogen) atoms. The zero-order valence-electron chi connectivity index (χ0n) is 14.3. The number of likely N-dealkylation sites (N-methyl/N-ethyl adjacent to an activating group) is 1. The van der Waals surface area contributed by atoms with Gasteiger partial charge < -0.3 is 9.80 Å². The molecule has 1 fully saturated rings. The zero-order valence-corrected chi connectivity index (χ0v) is 15.9. The Morgan fingerprint density at radius 2 is 1.88 bits per heavy atom. The van der Waals surface area contributed by atoms with Crippen LogP contribution in [0.5, 0.6) is 0 Å². The number of rotatable bonds is 4. The molecule has 0 radical (unpaired) electrons. The summed E-state index contributed by atoms with van der Waals surface area (Å²) in [6, 6.07) is 2.77. The number of sulfonamides is 1. The lowest BCUT2D eigenvalue weighted by molar-refractivity contribution is -0.883. The number of carbonyl (C=O) groups is 1. The maximum absolute atomic E-state index is 13.0. The summed E-state index contributed by atoms with van der Waals surface area (Å²) in [6.07, 6.45) is -3.89. The van der Waals surface area contributed by atoms with Crippen molar-refractivity contribution in [1.29, 1.82) is 0 Å². The highest BCUT2D eigenvalue weighted by Gasteiger charge is 2.35. The van der Waals surface area contributed by atoms with Gasteiger partial charge in [0.1, 0.15) is 6.54 Å². The van der Waals surface area contributed by atoms with Crippen LogP contribution in [0, 0.1) is 0 Å². The molecule has 146 valence electrons. The molecule has 11 heteroatoms. The van der Waals surface area contributed by atoms with Gasteiger partial charge in [0.05, 0.1) is 55.8 Å². The van der Waals surface area contributed by atoms with Crippen LogP contribution in [-0.2, 0) is 21.0 Å². The predicted octanol–water partition coefficient (Wildman–Crippen LogP) is 0.482. The van der Waals surface area contributed by atoms with Crippen LogP contribution in [0.1, 0.15) is 5.56 Å². The highest BCUT2D eigenvalue weighted by molar-refractivity contribution is 7.92. The number of hydrogen-bond acceptors (Lipinski definition) is 3. The number of nitrogens with one attached hydrogen (secondary N) is 1. The van der Waals surface area contributed by atoms with Gasteiger partial charge in [0.25, 0.3) is 0 Å². The Morgan fingerprint density at radius 3 is 2.38 bits per heavy atom. The minimum Gasteiger partial charge on any atom is -0.334 e. The smallest absolute Gasteiger partial charge is 0.334 e. The van der Waals surface area contributed by atoms with Gasteiger partial charge in [-0.05, 0) is 18.2 Å². The molecule has 2 rings (SSSR count). The van der Waals surface area contributed by atoms with E-state index in [4.69, 9.17) is 11.6 Å². The van der Waals surface area contributed by atoms with Crippen molar-refractivity contribution in [3.05, 3.63) is 28.8 Å². The molecule has 0 unspecified atom stereocenters. The van der Waals surface area contributed by atoms with Crippen LogP contribution >= 0.6 is 11.6 Å². The number of anilines is 1. The van der Waals surface area contributed by atoms with Gasteiger partial charge in [-0.25, -0.2) is 8.42 Å². The van der Waals surface area contributed by atoms with Gasteiger partial charge in [-0.1, -0.05) is 11.6 Å². The van der Waals surface area contributed by atoms with Gasteiger partial charge in [0.2, 0.25) is 15.9 Å². The Bertz CT molecular complexity index is 778. The largest absolute Gasteiger partial charge is 0.417 e. The van der Waals surface area contributed by atoms with E-state index in [0.717, 1.165) is 31.5 Å². The van der Waals surface area contributed by atoms with Crippen molar-refractivity contribution in [2.24, 2.45) is 0 Å². The molecule has 1 aliphatic heterocycles. The molecule has 1 heterocycles. The topological polar surface area (TPSA) is 62.1 Å². The SMILES string of the molecule is C[NH+]1CCN(C(=O)CN(c2ccc(Cl)c(C(F)(F)F)c2)S(C)(=O)=O)CC1. The summed E-state index contributed by atoms with van der Waals surface area (Å²) in [5, 5.41) is -0.539. The molecule has 0 saturated carbocycles. The van der Waals surface area contributed by atoms with Gasteiger partial charge in [0.15, 0.2) is 0 Å². The molecule has 1 N–H and O–H groups in total. The lowest BCUT2D eigenvalue weighted by atomic mass is 10.2. The second-order valence-corrected chi connectivity index (χ2v) is 8.58. The molecule has 1 aromatic carbocycles. The van der Waals surface area contributed by atoms with Gasteiger partial charge in [-0.2, -0.15) is 13.2 Å². The van der Waals surface area contributed by atoms with Gasteiger partial charge in [-0.15, -0.1) is 0 Å². The van der Waals surface area contributed by atoms with Crippen molar-refractivity contribution in [2.45, 2.75) is 6.18 Å². The Kier molecular flexibility index (Phi) is 6.09. The third-order valence-electron chi connectivity index (χ3n) is 4.19. The van der Waals surface area contributed by atoms with E-state index < -0.39 is 39.2 Å². The highest BCUT2D eigenvalue weighted by atomic mass is 35.5. The number of alkyl halides is 3. The van der Waals surface area contributed by atoms with E-state index in [1.54, 1.807) is 0 Å². The molecule has 0 atom stereocenters. The minimum absolute atomic E-state index is 0.252. The normalized spacial score (nSPS) is 16.6. The molecule has 0 spiro atoms. The van der Waals surface area contributed by atoms with Crippen LogP contribution in [0.4, 0.5) is 18.9 Å². The Hall–Kier alpha value is -1.52. The summed E-state index contributed by atoms with van der Waals surface area (Å²) in [7, 11) is -1.98. The fourth-order valence-corrected chi connectivity index (χ4v) is 3.71. The van der Waals surface area contributed by atoms with Gasteiger partial charge in [0, 0.05) is 0 Å². The number of piperazine rings is 1. The molecular weight excluding hydrogens is 395 g/mol. The average molecular weight is 415 g/mol. The molecule has 1 aliphatic rings. The van der Waals surface area contributed by atoms with E-state index in [1.807, 2.05) is 7.05 Å². The van der Waals surface area contributed by atoms with Crippen LogP contribution in [-0.4, -0.2) is 65.3 Å².